The minimum Gasteiger partial charge on any atom is -0.543 e. The van der Waals surface area contributed by atoms with Crippen molar-refractivity contribution < 1.29 is 78.7 Å². The van der Waals surface area contributed by atoms with Gasteiger partial charge in [0.25, 0.3) is 11.8 Å². The van der Waals surface area contributed by atoms with E-state index in [1.807, 2.05) is 0 Å². The molecule has 1 saturated heterocycles. The average Bonchev–Trinajstić information content (AvgIpc) is 3.71. The molecule has 4 heterocycles. The van der Waals surface area contributed by atoms with Gasteiger partial charge in [-0.05, 0) is 41.1 Å². The fourth-order valence-electron chi connectivity index (χ4n) is 4.74. The molecule has 22 heteroatoms. The van der Waals surface area contributed by atoms with Crippen LogP contribution < -0.4 is 45.7 Å². The minimum absolute atomic E-state index is 0. The Morgan fingerprint density at radius 3 is 2.61 bits per heavy atom. The number of aromatic hydroxyl groups is 4. The topological polar surface area (TPSA) is 275 Å². The fraction of sp³-hybridized carbons (Fsp3) is 0.185. The SMILES string of the molecule is Nc1nc(/C(=N/OCc2ccc(O)c(O)c2F)C(=O)N[C@@H]2C(=O)N3C(C(=O)[O-])=C(Cn4nnc(-c5ccc(O)c(O)c5)n4)CS[C@H]23)cs1.[Na+]. The molecule has 7 N–H and O–H groups in total. The van der Waals surface area contributed by atoms with Crippen LogP contribution in [0, 0.1) is 5.82 Å². The summed E-state index contributed by atoms with van der Waals surface area (Å²) in [6.07, 6.45) is 0. The first-order valence-electron chi connectivity index (χ1n) is 13.5. The van der Waals surface area contributed by atoms with Crippen LogP contribution in [-0.4, -0.2) is 91.2 Å². The number of tetrazole rings is 1. The predicted octanol–water partition coefficient (Wildman–Crippen LogP) is -3.63. The largest absolute Gasteiger partial charge is 1.00 e. The maximum atomic E-state index is 14.3. The van der Waals surface area contributed by atoms with Crippen LogP contribution in [0.4, 0.5) is 9.52 Å². The molecule has 0 unspecified atom stereocenters. The zero-order chi connectivity index (χ0) is 34.3. The normalized spacial score (nSPS) is 17.2. The molecule has 1 fully saturated rings. The molecule has 49 heavy (non-hydrogen) atoms. The van der Waals surface area contributed by atoms with Crippen LogP contribution >= 0.6 is 23.1 Å². The van der Waals surface area contributed by atoms with E-state index in [2.05, 4.69) is 30.9 Å². The van der Waals surface area contributed by atoms with E-state index in [1.54, 1.807) is 0 Å². The zero-order valence-electron chi connectivity index (χ0n) is 25.0. The van der Waals surface area contributed by atoms with E-state index in [1.165, 1.54) is 23.6 Å². The summed E-state index contributed by atoms with van der Waals surface area (Å²) in [6.45, 7) is -0.744. The van der Waals surface area contributed by atoms with Gasteiger partial charge in [-0.1, -0.05) is 5.16 Å². The number of phenols is 4. The van der Waals surface area contributed by atoms with Gasteiger partial charge in [-0.25, -0.2) is 9.37 Å². The Morgan fingerprint density at radius 1 is 1.16 bits per heavy atom. The Labute approximate surface area is 304 Å². The number of oxime groups is 1. The summed E-state index contributed by atoms with van der Waals surface area (Å²) in [5.41, 5.74) is 5.21. The van der Waals surface area contributed by atoms with Crippen molar-refractivity contribution in [1.82, 2.24) is 35.4 Å². The first kappa shape index (κ1) is 35.3. The van der Waals surface area contributed by atoms with Gasteiger partial charge in [0.05, 0.1) is 18.2 Å². The van der Waals surface area contributed by atoms with Gasteiger partial charge in [0.15, 0.2) is 39.7 Å². The summed E-state index contributed by atoms with van der Waals surface area (Å²) in [5.74, 6) is -6.74. The Morgan fingerprint density at radius 2 is 1.92 bits per heavy atom. The number of hydrogen-bond acceptors (Lipinski definition) is 17. The second-order valence-corrected chi connectivity index (χ2v) is 12.1. The average molecular weight is 722 g/mol. The summed E-state index contributed by atoms with van der Waals surface area (Å²) >= 11 is 2.14. The fourth-order valence-corrected chi connectivity index (χ4v) is 6.62. The second kappa shape index (κ2) is 14.3. The number of carbonyl (C=O) groups excluding carboxylic acids is 3. The number of thioether (sulfide) groups is 1. The zero-order valence-corrected chi connectivity index (χ0v) is 28.6. The number of amides is 2. The minimum atomic E-state index is -1.64. The number of carbonyl (C=O) groups is 3. The first-order chi connectivity index (χ1) is 22.9. The van der Waals surface area contributed by atoms with Crippen LogP contribution in [0.25, 0.3) is 11.4 Å². The number of β-lactam (4-membered cyclic amide) rings is 1. The molecule has 2 aromatic heterocycles. The van der Waals surface area contributed by atoms with Crippen molar-refractivity contribution >= 4 is 51.7 Å². The summed E-state index contributed by atoms with van der Waals surface area (Å²) < 4.78 is 14.3. The molecule has 2 aliphatic rings. The predicted molar refractivity (Wildman–Crippen MR) is 161 cm³/mol. The molecular formula is C27H21FN9NaO9S2. The number of nitrogens with two attached hydrogens (primary N) is 1. The number of fused-ring (bicyclic) bond motifs is 1. The third-order valence-electron chi connectivity index (χ3n) is 7.08. The van der Waals surface area contributed by atoms with E-state index >= 15 is 0 Å². The molecule has 18 nitrogen and oxygen atoms in total. The molecule has 2 atom stereocenters. The summed E-state index contributed by atoms with van der Waals surface area (Å²) in [7, 11) is 0. The van der Waals surface area contributed by atoms with Gasteiger partial charge in [-0.15, -0.1) is 33.3 Å². The van der Waals surface area contributed by atoms with E-state index < -0.39 is 70.3 Å². The van der Waals surface area contributed by atoms with Gasteiger partial charge >= 0.3 is 29.6 Å². The molecule has 2 amide bonds. The van der Waals surface area contributed by atoms with Crippen molar-refractivity contribution in [3.63, 3.8) is 0 Å². The van der Waals surface area contributed by atoms with E-state index in [0.29, 0.717) is 5.56 Å². The number of aliphatic carboxylic acids is 1. The van der Waals surface area contributed by atoms with Crippen molar-refractivity contribution in [3.8, 4) is 34.4 Å². The van der Waals surface area contributed by atoms with Crippen molar-refractivity contribution in [2.24, 2.45) is 5.16 Å². The Balaban J connectivity index is 0.00000468. The number of carboxylic acids is 1. The van der Waals surface area contributed by atoms with Crippen molar-refractivity contribution in [1.29, 1.82) is 0 Å². The van der Waals surface area contributed by atoms with E-state index in [9.17, 15) is 44.3 Å². The molecule has 0 bridgehead atoms. The third kappa shape index (κ3) is 6.96. The van der Waals surface area contributed by atoms with Gasteiger partial charge in [0.2, 0.25) is 5.82 Å². The number of carboxylic acid groups (broad SMARTS) is 1. The van der Waals surface area contributed by atoms with Crippen molar-refractivity contribution in [2.45, 2.75) is 24.6 Å². The van der Waals surface area contributed by atoms with Gasteiger partial charge in [-0.2, -0.15) is 4.80 Å². The Hall–Kier alpha value is -4.96. The smallest absolute Gasteiger partial charge is 0.543 e. The van der Waals surface area contributed by atoms with Crippen LogP contribution in [0.5, 0.6) is 23.0 Å². The molecule has 6 rings (SSSR count). The Bertz CT molecular complexity index is 2040. The number of halogens is 1. The number of benzene rings is 2. The maximum absolute atomic E-state index is 14.3. The van der Waals surface area contributed by atoms with E-state index in [-0.39, 0.29) is 75.4 Å². The number of anilines is 1. The van der Waals surface area contributed by atoms with Crippen LogP contribution in [-0.2, 0) is 32.4 Å². The summed E-state index contributed by atoms with van der Waals surface area (Å²) in [5, 5.41) is 69.4. The quantitative estimate of drug-likeness (QED) is 0.0303. The molecule has 4 aromatic rings. The molecule has 2 aliphatic heterocycles. The monoisotopic (exact) mass is 721 g/mol. The number of nitrogens with zero attached hydrogens (tertiary/aromatic N) is 7. The number of thiazole rings is 1. The first-order valence-corrected chi connectivity index (χ1v) is 15.5. The molecule has 2 aromatic carbocycles. The second-order valence-electron chi connectivity index (χ2n) is 10.1. The number of hydrogen-bond donors (Lipinski definition) is 6. The molecule has 0 aliphatic carbocycles. The molecule has 0 saturated carbocycles. The van der Waals surface area contributed by atoms with Crippen molar-refractivity contribution in [3.05, 3.63) is 64.1 Å². The van der Waals surface area contributed by atoms with Crippen LogP contribution in [0.15, 0.2) is 52.1 Å². The van der Waals surface area contributed by atoms with Gasteiger partial charge in [0, 0.05) is 22.3 Å². The summed E-state index contributed by atoms with van der Waals surface area (Å²) in [6, 6.07) is 4.90. The van der Waals surface area contributed by atoms with E-state index in [4.69, 9.17) is 10.6 Å². The summed E-state index contributed by atoms with van der Waals surface area (Å²) in [4.78, 5) is 50.0. The number of nitrogens with one attached hydrogen (secondary N) is 1. The van der Waals surface area contributed by atoms with Crippen LogP contribution in [0.2, 0.25) is 0 Å². The number of phenolic OH excluding ortho intramolecular Hbond substituents is 4. The Kier molecular flexibility index (Phi) is 10.3. The maximum Gasteiger partial charge on any atom is 1.00 e. The number of rotatable bonds is 10. The van der Waals surface area contributed by atoms with Crippen molar-refractivity contribution in [2.75, 3.05) is 11.5 Å². The standard InChI is InChI=1S/C27H22FN9O9S2.Na/c28-17-11(2-4-15(39)21(17)41)7-46-34-18(13-9-48-27(29)30-13)23(42)31-19-24(43)37-20(26(44)45)12(8-47-25(19)37)6-36-33-22(32-35-36)10-1-3-14(38)16(40)5-10;/h1-5,9,19,25,38-41H,6-8H2,(H2,29,30)(H,31,42)(H,44,45);/q;+1/p-1/b34-18-;/t19-,25-;/m1./s1. The molecular weight excluding hydrogens is 700 g/mol. The molecule has 0 spiro atoms. The number of aromatic nitrogens is 5. The van der Waals surface area contributed by atoms with Crippen LogP contribution in [0.3, 0.4) is 0 Å². The third-order valence-corrected chi connectivity index (χ3v) is 9.09. The van der Waals surface area contributed by atoms with Crippen LogP contribution in [0.1, 0.15) is 11.3 Å². The molecule has 0 radical (unpaired) electrons. The number of nitrogen functional groups attached to an aromatic ring is 1. The van der Waals surface area contributed by atoms with Gasteiger partial charge in [-0.3, -0.25) is 14.5 Å². The molecule has 248 valence electrons. The van der Waals surface area contributed by atoms with Gasteiger partial charge < -0.3 is 46.2 Å². The van der Waals surface area contributed by atoms with E-state index in [0.717, 1.165) is 44.9 Å². The van der Waals surface area contributed by atoms with Gasteiger partial charge in [0.1, 0.15) is 23.7 Å².